The van der Waals surface area contributed by atoms with Crippen LogP contribution in [0.3, 0.4) is 0 Å². The molecule has 0 spiro atoms. The van der Waals surface area contributed by atoms with Crippen LogP contribution in [0.25, 0.3) is 0 Å². The summed E-state index contributed by atoms with van der Waals surface area (Å²) in [6, 6.07) is 3.39. The van der Waals surface area contributed by atoms with Crippen LogP contribution in [0.15, 0.2) is 29.0 Å². The monoisotopic (exact) mass is 358 g/mol. The van der Waals surface area contributed by atoms with Gasteiger partial charge in [-0.15, -0.1) is 0 Å². The number of rotatable bonds is 7. The van der Waals surface area contributed by atoms with E-state index in [4.69, 9.17) is 4.52 Å². The SMILES string of the molecule is CCCC[C@@H](C(=O)Nc1cc(C)on1)N1CCN(c2ncccn2)CC1. The second kappa shape index (κ2) is 8.75. The van der Waals surface area contributed by atoms with Crippen LogP contribution in [0, 0.1) is 6.92 Å². The number of carbonyl (C=O) groups is 1. The van der Waals surface area contributed by atoms with Crippen LogP contribution in [0.1, 0.15) is 31.9 Å². The number of nitrogens with zero attached hydrogens (tertiary/aromatic N) is 5. The third-order valence-corrected chi connectivity index (χ3v) is 4.60. The molecule has 3 heterocycles. The molecule has 1 atom stereocenters. The summed E-state index contributed by atoms with van der Waals surface area (Å²) in [5, 5.41) is 6.75. The maximum Gasteiger partial charge on any atom is 0.242 e. The molecule has 2 aromatic heterocycles. The molecule has 2 aromatic rings. The average Bonchev–Trinajstić information content (AvgIpc) is 3.08. The van der Waals surface area contributed by atoms with E-state index in [0.29, 0.717) is 11.6 Å². The van der Waals surface area contributed by atoms with Gasteiger partial charge in [-0.2, -0.15) is 0 Å². The number of aryl methyl sites for hydroxylation is 1. The van der Waals surface area contributed by atoms with Crippen molar-refractivity contribution in [1.29, 1.82) is 0 Å². The van der Waals surface area contributed by atoms with E-state index in [2.05, 4.69) is 37.2 Å². The number of aromatic nitrogens is 3. The fraction of sp³-hybridized carbons (Fsp3) is 0.556. The average molecular weight is 358 g/mol. The molecule has 3 rings (SSSR count). The maximum atomic E-state index is 12.8. The fourth-order valence-corrected chi connectivity index (χ4v) is 3.20. The molecule has 1 N–H and O–H groups in total. The minimum absolute atomic E-state index is 0.0174. The van der Waals surface area contributed by atoms with E-state index in [1.54, 1.807) is 18.5 Å². The van der Waals surface area contributed by atoms with Gasteiger partial charge in [0.2, 0.25) is 11.9 Å². The molecule has 1 aliphatic heterocycles. The van der Waals surface area contributed by atoms with Gasteiger partial charge in [-0.25, -0.2) is 9.97 Å². The van der Waals surface area contributed by atoms with Gasteiger partial charge in [0, 0.05) is 44.6 Å². The fourth-order valence-electron chi connectivity index (χ4n) is 3.20. The molecule has 140 valence electrons. The molecular weight excluding hydrogens is 332 g/mol. The van der Waals surface area contributed by atoms with Gasteiger partial charge in [0.05, 0.1) is 6.04 Å². The van der Waals surface area contributed by atoms with E-state index < -0.39 is 0 Å². The number of nitrogens with one attached hydrogen (secondary N) is 1. The first-order valence-corrected chi connectivity index (χ1v) is 9.17. The summed E-state index contributed by atoms with van der Waals surface area (Å²) in [5.41, 5.74) is 0. The Morgan fingerprint density at radius 3 is 2.62 bits per heavy atom. The van der Waals surface area contributed by atoms with E-state index in [1.165, 1.54) is 0 Å². The molecule has 0 aliphatic carbocycles. The molecule has 26 heavy (non-hydrogen) atoms. The van der Waals surface area contributed by atoms with Crippen LogP contribution in [0.5, 0.6) is 0 Å². The molecule has 1 aliphatic rings. The molecule has 0 unspecified atom stereocenters. The predicted octanol–water partition coefficient (Wildman–Crippen LogP) is 2.09. The Hall–Kier alpha value is -2.48. The minimum atomic E-state index is -0.161. The Balaban J connectivity index is 1.61. The molecule has 0 radical (unpaired) electrons. The zero-order chi connectivity index (χ0) is 18.4. The molecule has 1 saturated heterocycles. The third kappa shape index (κ3) is 4.57. The Labute approximate surface area is 153 Å². The van der Waals surface area contributed by atoms with Crippen LogP contribution in [0.4, 0.5) is 11.8 Å². The number of unbranched alkanes of at least 4 members (excludes halogenated alkanes) is 1. The standard InChI is InChI=1S/C18H26N6O2/c1-3-4-6-15(17(25)21-16-13-14(2)26-22-16)23-9-11-24(12-10-23)18-19-7-5-8-20-18/h5,7-8,13,15H,3-4,6,9-12H2,1-2H3,(H,21,22,25)/t15-/m0/s1. The van der Waals surface area contributed by atoms with Gasteiger partial charge in [0.1, 0.15) is 5.76 Å². The Morgan fingerprint density at radius 2 is 2.00 bits per heavy atom. The van der Waals surface area contributed by atoms with Crippen molar-refractivity contribution in [3.63, 3.8) is 0 Å². The van der Waals surface area contributed by atoms with Crippen LogP contribution < -0.4 is 10.2 Å². The van der Waals surface area contributed by atoms with E-state index in [0.717, 1.165) is 51.4 Å². The lowest BCUT2D eigenvalue weighted by atomic mass is 10.1. The Morgan fingerprint density at radius 1 is 1.27 bits per heavy atom. The van der Waals surface area contributed by atoms with Crippen molar-refractivity contribution >= 4 is 17.7 Å². The first-order valence-electron chi connectivity index (χ1n) is 9.17. The van der Waals surface area contributed by atoms with E-state index in [9.17, 15) is 4.79 Å². The molecule has 0 bridgehead atoms. The van der Waals surface area contributed by atoms with Gasteiger partial charge in [0.15, 0.2) is 5.82 Å². The molecule has 1 fully saturated rings. The normalized spacial score (nSPS) is 16.5. The lowest BCUT2D eigenvalue weighted by Gasteiger charge is -2.38. The molecule has 0 saturated carbocycles. The summed E-state index contributed by atoms with van der Waals surface area (Å²) in [6.07, 6.45) is 6.42. The van der Waals surface area contributed by atoms with Gasteiger partial charge >= 0.3 is 0 Å². The van der Waals surface area contributed by atoms with Crippen LogP contribution in [-0.2, 0) is 4.79 Å². The molecule has 0 aromatic carbocycles. The molecule has 8 heteroatoms. The molecular formula is C18H26N6O2. The largest absolute Gasteiger partial charge is 0.360 e. The van der Waals surface area contributed by atoms with Gasteiger partial charge in [-0.05, 0) is 19.4 Å². The third-order valence-electron chi connectivity index (χ3n) is 4.60. The number of carbonyl (C=O) groups excluding carboxylic acids is 1. The first kappa shape index (κ1) is 18.3. The van der Waals surface area contributed by atoms with Crippen LogP contribution in [-0.4, -0.2) is 58.2 Å². The molecule has 8 nitrogen and oxygen atoms in total. The summed E-state index contributed by atoms with van der Waals surface area (Å²) < 4.78 is 5.04. The smallest absolute Gasteiger partial charge is 0.242 e. The van der Waals surface area contributed by atoms with Gasteiger partial charge in [-0.1, -0.05) is 24.9 Å². The Bertz CT molecular complexity index is 697. The van der Waals surface area contributed by atoms with Crippen LogP contribution >= 0.6 is 0 Å². The maximum absolute atomic E-state index is 12.8. The number of hydrogen-bond acceptors (Lipinski definition) is 7. The zero-order valence-corrected chi connectivity index (χ0v) is 15.4. The van der Waals surface area contributed by atoms with Crippen molar-refractivity contribution in [2.45, 2.75) is 39.2 Å². The Kier molecular flexibility index (Phi) is 6.17. The zero-order valence-electron chi connectivity index (χ0n) is 15.4. The van der Waals surface area contributed by atoms with Crippen molar-refractivity contribution in [3.8, 4) is 0 Å². The highest BCUT2D eigenvalue weighted by Gasteiger charge is 2.29. The van der Waals surface area contributed by atoms with E-state index in [1.807, 2.05) is 13.0 Å². The number of anilines is 2. The first-order chi connectivity index (χ1) is 12.7. The van der Waals surface area contributed by atoms with Crippen molar-refractivity contribution in [2.75, 3.05) is 36.4 Å². The lowest BCUT2D eigenvalue weighted by Crippen LogP contribution is -2.54. The van der Waals surface area contributed by atoms with E-state index in [-0.39, 0.29) is 11.9 Å². The second-order valence-corrected chi connectivity index (χ2v) is 6.54. The second-order valence-electron chi connectivity index (χ2n) is 6.54. The summed E-state index contributed by atoms with van der Waals surface area (Å²) in [6.45, 7) is 7.17. The topological polar surface area (TPSA) is 87.4 Å². The number of hydrogen-bond donors (Lipinski definition) is 1. The van der Waals surface area contributed by atoms with Crippen molar-refractivity contribution in [1.82, 2.24) is 20.0 Å². The summed E-state index contributed by atoms with van der Waals surface area (Å²) in [7, 11) is 0. The summed E-state index contributed by atoms with van der Waals surface area (Å²) >= 11 is 0. The van der Waals surface area contributed by atoms with Crippen LogP contribution in [0.2, 0.25) is 0 Å². The number of amides is 1. The number of piperazine rings is 1. The highest BCUT2D eigenvalue weighted by Crippen LogP contribution is 2.17. The van der Waals surface area contributed by atoms with Gasteiger partial charge in [0.25, 0.3) is 0 Å². The summed E-state index contributed by atoms with van der Waals surface area (Å²) in [4.78, 5) is 25.8. The quantitative estimate of drug-likeness (QED) is 0.811. The van der Waals surface area contributed by atoms with Gasteiger partial charge < -0.3 is 14.7 Å². The predicted molar refractivity (Wildman–Crippen MR) is 99.0 cm³/mol. The lowest BCUT2D eigenvalue weighted by molar-refractivity contribution is -0.121. The minimum Gasteiger partial charge on any atom is -0.360 e. The van der Waals surface area contributed by atoms with Crippen molar-refractivity contribution in [3.05, 3.63) is 30.3 Å². The van der Waals surface area contributed by atoms with Gasteiger partial charge in [-0.3, -0.25) is 9.69 Å². The van der Waals surface area contributed by atoms with Crippen molar-refractivity contribution < 1.29 is 9.32 Å². The highest BCUT2D eigenvalue weighted by atomic mass is 16.5. The molecule has 1 amide bonds. The van der Waals surface area contributed by atoms with E-state index >= 15 is 0 Å². The summed E-state index contributed by atoms with van der Waals surface area (Å²) in [5.74, 6) is 1.89. The highest BCUT2D eigenvalue weighted by molar-refractivity contribution is 5.94. The van der Waals surface area contributed by atoms with Crippen molar-refractivity contribution in [2.24, 2.45) is 0 Å².